The van der Waals surface area contributed by atoms with Crippen molar-refractivity contribution in [3.63, 3.8) is 0 Å². The lowest BCUT2D eigenvalue weighted by molar-refractivity contribution is 0.239. The molecule has 0 radical (unpaired) electrons. The monoisotopic (exact) mass is 215 g/mol. The van der Waals surface area contributed by atoms with Crippen LogP contribution in [0.15, 0.2) is 18.3 Å². The highest BCUT2D eigenvalue weighted by Crippen LogP contribution is 2.22. The number of likely N-dealkylation sites (tertiary alicyclic amines) is 1. The van der Waals surface area contributed by atoms with Gasteiger partial charge in [-0.05, 0) is 31.9 Å². The summed E-state index contributed by atoms with van der Waals surface area (Å²) >= 11 is 0. The van der Waals surface area contributed by atoms with Crippen molar-refractivity contribution < 1.29 is 0 Å². The molecule has 0 N–H and O–H groups in total. The van der Waals surface area contributed by atoms with Crippen molar-refractivity contribution in [3.05, 3.63) is 29.6 Å². The van der Waals surface area contributed by atoms with E-state index in [1.807, 2.05) is 12.1 Å². The summed E-state index contributed by atoms with van der Waals surface area (Å²) in [5, 5.41) is 8.98. The molecule has 0 saturated carbocycles. The maximum absolute atomic E-state index is 8.98. The Balaban J connectivity index is 2.12. The lowest BCUT2D eigenvalue weighted by Gasteiger charge is -2.23. The minimum absolute atomic E-state index is 0.573. The molecule has 3 nitrogen and oxygen atoms in total. The minimum atomic E-state index is 0.573. The van der Waals surface area contributed by atoms with E-state index in [9.17, 15) is 0 Å². The van der Waals surface area contributed by atoms with Crippen LogP contribution in [0, 0.1) is 11.3 Å². The maximum Gasteiger partial charge on any atom is 0.144 e. The highest BCUT2D eigenvalue weighted by atomic mass is 15.2. The minimum Gasteiger partial charge on any atom is -0.296 e. The summed E-state index contributed by atoms with van der Waals surface area (Å²) in [7, 11) is 0. The Bertz CT molecular complexity index is 394. The van der Waals surface area contributed by atoms with Crippen LogP contribution in [0.3, 0.4) is 0 Å². The predicted molar refractivity (Wildman–Crippen MR) is 62.7 cm³/mol. The Morgan fingerprint density at radius 1 is 1.62 bits per heavy atom. The number of hydrogen-bond acceptors (Lipinski definition) is 3. The molecule has 1 saturated heterocycles. The standard InChI is InChI=1S/C13H17N3/c1-2-12-6-4-8-16(12)10-11-5-3-7-15-13(11)9-14/h3,5,7,12H,2,4,6,8,10H2,1H3. The van der Waals surface area contributed by atoms with Gasteiger partial charge in [0.25, 0.3) is 0 Å². The van der Waals surface area contributed by atoms with Gasteiger partial charge < -0.3 is 0 Å². The molecule has 2 rings (SSSR count). The first kappa shape index (κ1) is 11.1. The predicted octanol–water partition coefficient (Wildman–Crippen LogP) is 2.33. The number of nitrogens with zero attached hydrogens (tertiary/aromatic N) is 3. The highest BCUT2D eigenvalue weighted by Gasteiger charge is 2.23. The summed E-state index contributed by atoms with van der Waals surface area (Å²) in [6.07, 6.45) is 5.45. The smallest absolute Gasteiger partial charge is 0.144 e. The van der Waals surface area contributed by atoms with Gasteiger partial charge in [-0.3, -0.25) is 4.90 Å². The van der Waals surface area contributed by atoms with E-state index in [2.05, 4.69) is 22.9 Å². The van der Waals surface area contributed by atoms with Crippen molar-refractivity contribution in [2.75, 3.05) is 6.54 Å². The van der Waals surface area contributed by atoms with Crippen molar-refractivity contribution in [1.29, 1.82) is 5.26 Å². The molecule has 1 aliphatic rings. The van der Waals surface area contributed by atoms with E-state index in [0.717, 1.165) is 18.7 Å². The molecule has 0 amide bonds. The number of aromatic nitrogens is 1. The van der Waals surface area contributed by atoms with Gasteiger partial charge in [-0.25, -0.2) is 4.98 Å². The van der Waals surface area contributed by atoms with Crippen molar-refractivity contribution in [3.8, 4) is 6.07 Å². The van der Waals surface area contributed by atoms with Gasteiger partial charge in [-0.15, -0.1) is 0 Å². The van der Waals surface area contributed by atoms with Gasteiger partial charge in [0.15, 0.2) is 0 Å². The second-order valence-corrected chi connectivity index (χ2v) is 4.30. The molecule has 1 aliphatic heterocycles. The molecule has 1 unspecified atom stereocenters. The molecule has 1 aromatic heterocycles. The zero-order valence-electron chi connectivity index (χ0n) is 9.69. The Labute approximate surface area is 96.7 Å². The molecule has 1 aromatic rings. The van der Waals surface area contributed by atoms with E-state index in [0.29, 0.717) is 11.7 Å². The SMILES string of the molecule is CCC1CCCN1Cc1cccnc1C#N. The van der Waals surface area contributed by atoms with Crippen LogP contribution in [0.2, 0.25) is 0 Å². The first-order chi connectivity index (χ1) is 7.85. The van der Waals surface area contributed by atoms with Gasteiger partial charge in [-0.2, -0.15) is 5.26 Å². The van der Waals surface area contributed by atoms with E-state index in [1.54, 1.807) is 6.20 Å². The molecule has 0 bridgehead atoms. The fraction of sp³-hybridized carbons (Fsp3) is 0.538. The van der Waals surface area contributed by atoms with E-state index in [-0.39, 0.29) is 0 Å². The van der Waals surface area contributed by atoms with Gasteiger partial charge >= 0.3 is 0 Å². The molecule has 0 aliphatic carbocycles. The third-order valence-corrected chi connectivity index (χ3v) is 3.34. The lowest BCUT2D eigenvalue weighted by atomic mass is 10.1. The highest BCUT2D eigenvalue weighted by molar-refractivity contribution is 5.30. The van der Waals surface area contributed by atoms with Crippen LogP contribution in [0.25, 0.3) is 0 Å². The molecule has 0 spiro atoms. The van der Waals surface area contributed by atoms with Crippen LogP contribution in [-0.4, -0.2) is 22.5 Å². The Morgan fingerprint density at radius 3 is 3.25 bits per heavy atom. The van der Waals surface area contributed by atoms with Crippen molar-refractivity contribution in [1.82, 2.24) is 9.88 Å². The van der Waals surface area contributed by atoms with E-state index in [1.165, 1.54) is 19.3 Å². The average molecular weight is 215 g/mol. The fourth-order valence-electron chi connectivity index (χ4n) is 2.45. The van der Waals surface area contributed by atoms with Crippen LogP contribution in [0.1, 0.15) is 37.4 Å². The van der Waals surface area contributed by atoms with Crippen LogP contribution in [-0.2, 0) is 6.54 Å². The summed E-state index contributed by atoms with van der Waals surface area (Å²) < 4.78 is 0. The van der Waals surface area contributed by atoms with Crippen LogP contribution in [0.4, 0.5) is 0 Å². The Morgan fingerprint density at radius 2 is 2.50 bits per heavy atom. The third kappa shape index (κ3) is 2.23. The summed E-state index contributed by atoms with van der Waals surface area (Å²) in [6.45, 7) is 4.25. The van der Waals surface area contributed by atoms with Crippen LogP contribution < -0.4 is 0 Å². The number of hydrogen-bond donors (Lipinski definition) is 0. The van der Waals surface area contributed by atoms with Crippen molar-refractivity contribution >= 4 is 0 Å². The molecule has 84 valence electrons. The largest absolute Gasteiger partial charge is 0.296 e. The number of pyridine rings is 1. The zero-order valence-corrected chi connectivity index (χ0v) is 9.69. The molecule has 1 fully saturated rings. The molecular formula is C13H17N3. The van der Waals surface area contributed by atoms with Gasteiger partial charge in [-0.1, -0.05) is 13.0 Å². The lowest BCUT2D eigenvalue weighted by Crippen LogP contribution is -2.28. The fourth-order valence-corrected chi connectivity index (χ4v) is 2.45. The Hall–Kier alpha value is -1.40. The average Bonchev–Trinajstić information content (AvgIpc) is 2.77. The second kappa shape index (κ2) is 5.09. The summed E-state index contributed by atoms with van der Waals surface area (Å²) in [5.41, 5.74) is 1.63. The topological polar surface area (TPSA) is 39.9 Å². The van der Waals surface area contributed by atoms with Gasteiger partial charge in [0.1, 0.15) is 11.8 Å². The van der Waals surface area contributed by atoms with E-state index in [4.69, 9.17) is 5.26 Å². The van der Waals surface area contributed by atoms with Gasteiger partial charge in [0.2, 0.25) is 0 Å². The Kier molecular flexibility index (Phi) is 3.53. The molecule has 2 heterocycles. The quantitative estimate of drug-likeness (QED) is 0.777. The summed E-state index contributed by atoms with van der Waals surface area (Å²) in [5.74, 6) is 0. The van der Waals surface area contributed by atoms with Gasteiger partial charge in [0, 0.05) is 24.3 Å². The summed E-state index contributed by atoms with van der Waals surface area (Å²) in [4.78, 5) is 6.57. The van der Waals surface area contributed by atoms with Crippen molar-refractivity contribution in [2.24, 2.45) is 0 Å². The van der Waals surface area contributed by atoms with E-state index >= 15 is 0 Å². The van der Waals surface area contributed by atoms with Gasteiger partial charge in [0.05, 0.1) is 0 Å². The molecule has 0 aromatic carbocycles. The molecule has 16 heavy (non-hydrogen) atoms. The van der Waals surface area contributed by atoms with Crippen LogP contribution in [0.5, 0.6) is 0 Å². The van der Waals surface area contributed by atoms with E-state index < -0.39 is 0 Å². The first-order valence-corrected chi connectivity index (χ1v) is 5.93. The molecule has 3 heteroatoms. The number of nitriles is 1. The molecule has 1 atom stereocenters. The second-order valence-electron chi connectivity index (χ2n) is 4.30. The number of rotatable bonds is 3. The zero-order chi connectivity index (χ0) is 11.4. The normalized spacial score (nSPS) is 20.9. The summed E-state index contributed by atoms with van der Waals surface area (Å²) in [6, 6.07) is 6.77. The third-order valence-electron chi connectivity index (χ3n) is 3.34. The first-order valence-electron chi connectivity index (χ1n) is 5.93. The molecular weight excluding hydrogens is 198 g/mol. The van der Waals surface area contributed by atoms with Crippen LogP contribution >= 0.6 is 0 Å². The van der Waals surface area contributed by atoms with Crippen molar-refractivity contribution in [2.45, 2.75) is 38.8 Å². The maximum atomic E-state index is 8.98.